The molecule has 0 aromatic heterocycles. The van der Waals surface area contributed by atoms with E-state index in [2.05, 4.69) is 46.9 Å². The average molecular weight is 327 g/mol. The summed E-state index contributed by atoms with van der Waals surface area (Å²) >= 11 is 0. The number of hydrogen-bond acceptors (Lipinski definition) is 2. The highest BCUT2D eigenvalue weighted by atomic mass is 16.3. The number of nitrogens with one attached hydrogen (secondary N) is 1. The minimum atomic E-state index is -0.121. The van der Waals surface area contributed by atoms with Crippen molar-refractivity contribution in [1.82, 2.24) is 0 Å². The molecule has 0 fully saturated rings. The highest BCUT2D eigenvalue weighted by Crippen LogP contribution is 2.37. The largest absolute Gasteiger partial charge is 0.507 e. The Balaban J connectivity index is 2.35. The van der Waals surface area contributed by atoms with Gasteiger partial charge in [0, 0.05) is 22.4 Å². The molecule has 0 bridgehead atoms. The van der Waals surface area contributed by atoms with E-state index in [9.17, 15) is 9.90 Å². The second-order valence-electron chi connectivity index (χ2n) is 8.85. The van der Waals surface area contributed by atoms with Crippen molar-refractivity contribution in [2.75, 3.05) is 5.32 Å². The Morgan fingerprint density at radius 3 is 2.17 bits per heavy atom. The molecule has 0 aliphatic heterocycles. The topological polar surface area (TPSA) is 49.3 Å². The van der Waals surface area contributed by atoms with Crippen LogP contribution >= 0.6 is 0 Å². The Labute approximate surface area is 145 Å². The summed E-state index contributed by atoms with van der Waals surface area (Å²) in [6.45, 7) is 12.8. The zero-order chi connectivity index (χ0) is 18.1. The van der Waals surface area contributed by atoms with E-state index < -0.39 is 0 Å². The SMILES string of the molecule is CC(C)(C)CC(C(=O)Nc1cccc2c(O)cccc12)C(C)(C)C. The van der Waals surface area contributed by atoms with Crippen LogP contribution in [0.2, 0.25) is 0 Å². The number of anilines is 1. The number of carbonyl (C=O) groups excluding carboxylic acids is 1. The number of aromatic hydroxyl groups is 1. The summed E-state index contributed by atoms with van der Waals surface area (Å²) in [5, 5.41) is 14.7. The van der Waals surface area contributed by atoms with Gasteiger partial charge >= 0.3 is 0 Å². The molecule has 2 rings (SSSR count). The molecule has 2 aromatic rings. The van der Waals surface area contributed by atoms with Gasteiger partial charge in [-0.25, -0.2) is 0 Å². The molecular weight excluding hydrogens is 298 g/mol. The maximum atomic E-state index is 13.0. The van der Waals surface area contributed by atoms with Crippen molar-refractivity contribution >= 4 is 22.4 Å². The lowest BCUT2D eigenvalue weighted by molar-refractivity contribution is -0.124. The first-order valence-corrected chi connectivity index (χ1v) is 8.50. The van der Waals surface area contributed by atoms with Crippen LogP contribution in [0.4, 0.5) is 5.69 Å². The van der Waals surface area contributed by atoms with Crippen molar-refractivity contribution in [3.8, 4) is 5.75 Å². The summed E-state index contributed by atoms with van der Waals surface area (Å²) in [6.07, 6.45) is 0.818. The quantitative estimate of drug-likeness (QED) is 0.773. The van der Waals surface area contributed by atoms with Crippen LogP contribution in [-0.2, 0) is 4.79 Å². The summed E-state index contributed by atoms with van der Waals surface area (Å²) in [6, 6.07) is 11.0. The van der Waals surface area contributed by atoms with Crippen LogP contribution in [0.25, 0.3) is 10.8 Å². The van der Waals surface area contributed by atoms with Gasteiger partial charge in [0.2, 0.25) is 5.91 Å². The Kier molecular flexibility index (Phi) is 4.93. The summed E-state index contributed by atoms with van der Waals surface area (Å²) in [5.74, 6) is 0.170. The molecule has 2 N–H and O–H groups in total. The van der Waals surface area contributed by atoms with E-state index in [-0.39, 0.29) is 28.4 Å². The molecule has 0 heterocycles. The standard InChI is InChI=1S/C21H29NO2/c1-20(2,3)13-16(21(4,5)6)19(24)22-17-11-7-10-15-14(17)9-8-12-18(15)23/h7-12,16,23H,13H2,1-6H3,(H,22,24). The van der Waals surface area contributed by atoms with Crippen LogP contribution in [0, 0.1) is 16.7 Å². The molecule has 0 saturated heterocycles. The van der Waals surface area contributed by atoms with Crippen LogP contribution < -0.4 is 5.32 Å². The predicted octanol–water partition coefficient (Wildman–Crippen LogP) is 5.58. The van der Waals surface area contributed by atoms with Crippen LogP contribution in [0.1, 0.15) is 48.0 Å². The van der Waals surface area contributed by atoms with Gasteiger partial charge in [0.1, 0.15) is 5.75 Å². The number of fused-ring (bicyclic) bond motifs is 1. The highest BCUT2D eigenvalue weighted by molar-refractivity contribution is 6.04. The molecule has 0 spiro atoms. The van der Waals surface area contributed by atoms with E-state index in [1.165, 1.54) is 0 Å². The van der Waals surface area contributed by atoms with Crippen LogP contribution in [0.15, 0.2) is 36.4 Å². The molecule has 1 atom stereocenters. The van der Waals surface area contributed by atoms with Crippen molar-refractivity contribution in [1.29, 1.82) is 0 Å². The number of hydrogen-bond donors (Lipinski definition) is 2. The molecule has 3 heteroatoms. The van der Waals surface area contributed by atoms with E-state index >= 15 is 0 Å². The first-order valence-electron chi connectivity index (χ1n) is 8.50. The molecule has 3 nitrogen and oxygen atoms in total. The summed E-state index contributed by atoms with van der Waals surface area (Å²) in [5.41, 5.74) is 0.702. The number of benzene rings is 2. The third kappa shape index (κ3) is 4.28. The molecule has 24 heavy (non-hydrogen) atoms. The molecular formula is C21H29NO2. The molecule has 2 aromatic carbocycles. The lowest BCUT2D eigenvalue weighted by Gasteiger charge is -2.34. The molecule has 0 aliphatic carbocycles. The van der Waals surface area contributed by atoms with Crippen LogP contribution in [0.3, 0.4) is 0 Å². The van der Waals surface area contributed by atoms with Gasteiger partial charge in [-0.15, -0.1) is 0 Å². The van der Waals surface area contributed by atoms with Gasteiger partial charge in [-0.3, -0.25) is 4.79 Å². The highest BCUT2D eigenvalue weighted by Gasteiger charge is 2.34. The van der Waals surface area contributed by atoms with E-state index in [0.717, 1.165) is 22.9 Å². The third-order valence-corrected chi connectivity index (χ3v) is 4.34. The number of amides is 1. The van der Waals surface area contributed by atoms with Gasteiger partial charge in [0.15, 0.2) is 0 Å². The van der Waals surface area contributed by atoms with E-state index in [0.29, 0.717) is 0 Å². The summed E-state index contributed by atoms with van der Waals surface area (Å²) in [4.78, 5) is 13.0. The zero-order valence-corrected chi connectivity index (χ0v) is 15.6. The number of phenolic OH excluding ortho intramolecular Hbond substituents is 1. The molecule has 1 amide bonds. The zero-order valence-electron chi connectivity index (χ0n) is 15.6. The van der Waals surface area contributed by atoms with Gasteiger partial charge in [-0.05, 0) is 29.4 Å². The average Bonchev–Trinajstić information content (AvgIpc) is 2.44. The lowest BCUT2D eigenvalue weighted by Crippen LogP contribution is -2.36. The van der Waals surface area contributed by atoms with Crippen molar-refractivity contribution in [2.24, 2.45) is 16.7 Å². The van der Waals surface area contributed by atoms with Crippen molar-refractivity contribution in [3.05, 3.63) is 36.4 Å². The Hall–Kier alpha value is -2.03. The summed E-state index contributed by atoms with van der Waals surface area (Å²) < 4.78 is 0. The maximum absolute atomic E-state index is 13.0. The fraction of sp³-hybridized carbons (Fsp3) is 0.476. The second kappa shape index (κ2) is 6.46. The van der Waals surface area contributed by atoms with E-state index in [1.807, 2.05) is 24.3 Å². The maximum Gasteiger partial charge on any atom is 0.228 e. The molecule has 130 valence electrons. The number of rotatable bonds is 3. The Bertz CT molecular complexity index is 736. The fourth-order valence-electron chi connectivity index (χ4n) is 3.03. The van der Waals surface area contributed by atoms with Gasteiger partial charge in [-0.2, -0.15) is 0 Å². The third-order valence-electron chi connectivity index (χ3n) is 4.34. The fourth-order valence-corrected chi connectivity index (χ4v) is 3.03. The second-order valence-corrected chi connectivity index (χ2v) is 8.85. The monoisotopic (exact) mass is 327 g/mol. The molecule has 0 radical (unpaired) electrons. The smallest absolute Gasteiger partial charge is 0.228 e. The van der Waals surface area contributed by atoms with Crippen molar-refractivity contribution in [3.63, 3.8) is 0 Å². The van der Waals surface area contributed by atoms with Crippen LogP contribution in [-0.4, -0.2) is 11.0 Å². The predicted molar refractivity (Wildman–Crippen MR) is 101 cm³/mol. The van der Waals surface area contributed by atoms with E-state index in [4.69, 9.17) is 0 Å². The van der Waals surface area contributed by atoms with Gasteiger partial charge < -0.3 is 10.4 Å². The number of phenols is 1. The minimum absolute atomic E-state index is 0.0354. The van der Waals surface area contributed by atoms with Gasteiger partial charge in [0.25, 0.3) is 0 Å². The lowest BCUT2D eigenvalue weighted by atomic mass is 9.71. The van der Waals surface area contributed by atoms with Gasteiger partial charge in [-0.1, -0.05) is 65.8 Å². The Morgan fingerprint density at radius 1 is 1.00 bits per heavy atom. The first kappa shape index (κ1) is 18.3. The van der Waals surface area contributed by atoms with E-state index in [1.54, 1.807) is 12.1 Å². The van der Waals surface area contributed by atoms with Crippen molar-refractivity contribution in [2.45, 2.75) is 48.0 Å². The molecule has 1 unspecified atom stereocenters. The molecule has 0 aliphatic rings. The first-order chi connectivity index (χ1) is 11.0. The van der Waals surface area contributed by atoms with Crippen LogP contribution in [0.5, 0.6) is 5.75 Å². The summed E-state index contributed by atoms with van der Waals surface area (Å²) in [7, 11) is 0. The van der Waals surface area contributed by atoms with Gasteiger partial charge in [0.05, 0.1) is 0 Å². The number of carbonyl (C=O) groups is 1. The normalized spacial score (nSPS) is 13.8. The Morgan fingerprint density at radius 2 is 1.58 bits per heavy atom. The molecule has 0 saturated carbocycles. The van der Waals surface area contributed by atoms with Crippen molar-refractivity contribution < 1.29 is 9.90 Å². The minimum Gasteiger partial charge on any atom is -0.507 e.